The number of aliphatic carboxylic acids is 1. The van der Waals surface area contributed by atoms with E-state index in [1.807, 2.05) is 6.07 Å². The van der Waals surface area contributed by atoms with E-state index >= 15 is 0 Å². The Morgan fingerprint density at radius 3 is 2.33 bits per heavy atom. The van der Waals surface area contributed by atoms with Crippen molar-refractivity contribution in [1.82, 2.24) is 14.6 Å². The normalized spacial score (nSPS) is 16.4. The van der Waals surface area contributed by atoms with Crippen LogP contribution in [0.15, 0.2) is 83.9 Å². The number of ketones is 1. The van der Waals surface area contributed by atoms with Crippen molar-refractivity contribution in [2.45, 2.75) is 42.7 Å². The molecule has 0 radical (unpaired) electrons. The van der Waals surface area contributed by atoms with Crippen molar-refractivity contribution in [3.8, 4) is 0 Å². The van der Waals surface area contributed by atoms with Gasteiger partial charge in [0.15, 0.2) is 5.78 Å². The van der Waals surface area contributed by atoms with Crippen LogP contribution in [-0.2, 0) is 37.2 Å². The predicted molar refractivity (Wildman–Crippen MR) is 145 cm³/mol. The number of carboxylic acid groups (broad SMARTS) is 1. The van der Waals surface area contributed by atoms with E-state index in [4.69, 9.17) is 0 Å². The summed E-state index contributed by atoms with van der Waals surface area (Å²) in [6.07, 6.45) is 2.65. The van der Waals surface area contributed by atoms with Crippen LogP contribution in [0, 0.1) is 0 Å². The van der Waals surface area contributed by atoms with Gasteiger partial charge in [0.2, 0.25) is 15.9 Å². The van der Waals surface area contributed by atoms with Crippen LogP contribution >= 0.6 is 0 Å². The summed E-state index contributed by atoms with van der Waals surface area (Å²) in [4.78, 5) is 41.5. The Morgan fingerprint density at radius 2 is 1.67 bits per heavy atom. The van der Waals surface area contributed by atoms with Gasteiger partial charge in [-0.2, -0.15) is 4.31 Å². The number of pyridine rings is 1. The number of carboxylic acids is 1. The first kappa shape index (κ1) is 27.9. The van der Waals surface area contributed by atoms with Crippen LogP contribution in [0.25, 0.3) is 0 Å². The lowest BCUT2D eigenvalue weighted by Crippen LogP contribution is -2.51. The summed E-state index contributed by atoms with van der Waals surface area (Å²) in [7, 11) is -3.89. The third-order valence-electron chi connectivity index (χ3n) is 6.47. The van der Waals surface area contributed by atoms with Gasteiger partial charge in [-0.1, -0.05) is 48.5 Å². The number of rotatable bonds is 12. The first-order valence-corrected chi connectivity index (χ1v) is 14.0. The maximum absolute atomic E-state index is 13.1. The first-order valence-electron chi connectivity index (χ1n) is 12.6. The van der Waals surface area contributed by atoms with Crippen LogP contribution in [-0.4, -0.2) is 65.6 Å². The van der Waals surface area contributed by atoms with Crippen molar-refractivity contribution in [2.75, 3.05) is 18.4 Å². The van der Waals surface area contributed by atoms with Crippen LogP contribution < -0.4 is 10.6 Å². The van der Waals surface area contributed by atoms with Gasteiger partial charge in [-0.05, 0) is 48.2 Å². The molecule has 1 amide bonds. The number of carbonyl (C=O) groups excluding carboxylic acids is 2. The Balaban J connectivity index is 1.34. The van der Waals surface area contributed by atoms with Gasteiger partial charge in [0.25, 0.3) is 0 Å². The maximum atomic E-state index is 13.1. The van der Waals surface area contributed by atoms with Crippen molar-refractivity contribution in [3.63, 3.8) is 0 Å². The predicted octanol–water partition coefficient (Wildman–Crippen LogP) is 2.27. The topological polar surface area (TPSA) is 146 Å². The van der Waals surface area contributed by atoms with Gasteiger partial charge in [0, 0.05) is 25.6 Å². The van der Waals surface area contributed by atoms with Gasteiger partial charge in [0.05, 0.1) is 11.4 Å². The number of hydrogen-bond donors (Lipinski definition) is 3. The first-order chi connectivity index (χ1) is 18.7. The Bertz CT molecular complexity index is 1400. The average molecular weight is 551 g/mol. The van der Waals surface area contributed by atoms with Crippen LogP contribution in [0.2, 0.25) is 0 Å². The van der Waals surface area contributed by atoms with Gasteiger partial charge in [-0.3, -0.25) is 9.59 Å². The summed E-state index contributed by atoms with van der Waals surface area (Å²) in [6, 6.07) is 18.0. The van der Waals surface area contributed by atoms with Gasteiger partial charge in [0.1, 0.15) is 17.9 Å². The molecule has 3 N–H and O–H groups in total. The number of hydrogen-bond acceptors (Lipinski definition) is 7. The molecule has 1 saturated heterocycles. The van der Waals surface area contributed by atoms with Crippen LogP contribution in [0.5, 0.6) is 0 Å². The second-order valence-corrected chi connectivity index (χ2v) is 11.2. The van der Waals surface area contributed by atoms with Crippen molar-refractivity contribution >= 4 is 33.5 Å². The minimum atomic E-state index is -3.89. The highest BCUT2D eigenvalue weighted by Crippen LogP contribution is 2.26. The molecule has 4 rings (SSSR count). The summed E-state index contributed by atoms with van der Waals surface area (Å²) in [6.45, 7) is 0.314. The minimum absolute atomic E-state index is 0.00862. The number of nitrogens with one attached hydrogen (secondary N) is 2. The molecule has 1 aliphatic rings. The van der Waals surface area contributed by atoms with Gasteiger partial charge >= 0.3 is 5.97 Å². The highest BCUT2D eigenvalue weighted by Gasteiger charge is 2.40. The molecule has 2 atom stereocenters. The van der Waals surface area contributed by atoms with Crippen molar-refractivity contribution in [1.29, 1.82) is 0 Å². The quantitative estimate of drug-likeness (QED) is 0.311. The van der Waals surface area contributed by atoms with Crippen LogP contribution in [0.3, 0.4) is 0 Å². The highest BCUT2D eigenvalue weighted by molar-refractivity contribution is 7.89. The number of sulfonamides is 1. The molecule has 1 aromatic heterocycles. The number of amides is 1. The molecule has 1 fully saturated rings. The maximum Gasteiger partial charge on any atom is 0.326 e. The lowest BCUT2D eigenvalue weighted by molar-refractivity contribution is -0.142. The molecule has 1 unspecified atom stereocenters. The molecule has 0 bridgehead atoms. The van der Waals surface area contributed by atoms with E-state index in [9.17, 15) is 27.9 Å². The molecular formula is C28H30N4O6S. The largest absolute Gasteiger partial charge is 0.480 e. The molecule has 0 spiro atoms. The zero-order chi connectivity index (χ0) is 27.8. The van der Waals surface area contributed by atoms with E-state index in [-0.39, 0.29) is 36.6 Å². The monoisotopic (exact) mass is 550 g/mol. The summed E-state index contributed by atoms with van der Waals surface area (Å²) in [5.74, 6) is -1.28. The standard InChI is InChI=1S/C28H30N4O6S/c33-22(19-30-26-10-4-5-15-29-26)17-20-11-13-21(14-12-20)18-24(28(35)36)31-27(34)25-9-6-16-32(25)39(37,38)23-7-2-1-3-8-23/h1-5,7-8,10-15,24-25H,6,9,16-19H2,(H,29,30)(H,31,34)(H,35,36)/t24?,25-/m0/s1. The molecule has 2 aromatic carbocycles. The lowest BCUT2D eigenvalue weighted by Gasteiger charge is -2.25. The molecular weight excluding hydrogens is 520 g/mol. The van der Waals surface area contributed by atoms with E-state index in [0.717, 1.165) is 9.87 Å². The van der Waals surface area contributed by atoms with Crippen molar-refractivity contribution in [2.24, 2.45) is 0 Å². The second kappa shape index (κ2) is 12.6. The van der Waals surface area contributed by atoms with Gasteiger partial charge in [-0.25, -0.2) is 18.2 Å². The van der Waals surface area contributed by atoms with Gasteiger partial charge in [-0.15, -0.1) is 0 Å². The summed E-state index contributed by atoms with van der Waals surface area (Å²) >= 11 is 0. The fourth-order valence-electron chi connectivity index (χ4n) is 4.46. The molecule has 10 nitrogen and oxygen atoms in total. The van der Waals surface area contributed by atoms with E-state index in [2.05, 4.69) is 15.6 Å². The van der Waals surface area contributed by atoms with E-state index < -0.39 is 34.0 Å². The highest BCUT2D eigenvalue weighted by atomic mass is 32.2. The fraction of sp³-hybridized carbons (Fsp3) is 0.286. The van der Waals surface area contributed by atoms with Crippen LogP contribution in [0.1, 0.15) is 24.0 Å². The van der Waals surface area contributed by atoms with Crippen molar-refractivity contribution in [3.05, 3.63) is 90.1 Å². The zero-order valence-electron chi connectivity index (χ0n) is 21.2. The SMILES string of the molecule is O=C(CNc1ccccn1)Cc1ccc(CC(NC(=O)[C@@H]2CCCN2S(=O)(=O)c2ccccc2)C(=O)O)cc1. The van der Waals surface area contributed by atoms with E-state index in [1.54, 1.807) is 60.8 Å². The van der Waals surface area contributed by atoms with E-state index in [0.29, 0.717) is 24.2 Å². The van der Waals surface area contributed by atoms with E-state index in [1.165, 1.54) is 12.1 Å². The Morgan fingerprint density at radius 1 is 0.974 bits per heavy atom. The third kappa shape index (κ3) is 7.27. The molecule has 0 saturated carbocycles. The number of nitrogens with zero attached hydrogens (tertiary/aromatic N) is 2. The number of aromatic nitrogens is 1. The Labute approximate surface area is 227 Å². The average Bonchev–Trinajstić information content (AvgIpc) is 3.45. The second-order valence-electron chi connectivity index (χ2n) is 9.29. The Kier molecular flexibility index (Phi) is 9.05. The van der Waals surface area contributed by atoms with Gasteiger partial charge < -0.3 is 15.7 Å². The number of Topliss-reactive ketones (excluding diaryl/α,β-unsaturated/α-hetero) is 1. The zero-order valence-corrected chi connectivity index (χ0v) is 22.0. The van der Waals surface area contributed by atoms with Crippen LogP contribution in [0.4, 0.5) is 5.82 Å². The molecule has 11 heteroatoms. The number of anilines is 1. The molecule has 1 aliphatic heterocycles. The lowest BCUT2D eigenvalue weighted by atomic mass is 10.0. The molecule has 2 heterocycles. The summed E-state index contributed by atoms with van der Waals surface area (Å²) < 4.78 is 27.3. The summed E-state index contributed by atoms with van der Waals surface area (Å²) in [5, 5.41) is 15.3. The third-order valence-corrected chi connectivity index (χ3v) is 8.39. The van der Waals surface area contributed by atoms with Crippen molar-refractivity contribution < 1.29 is 27.9 Å². The number of benzene rings is 2. The Hall–Kier alpha value is -4.09. The number of carbonyl (C=O) groups is 3. The molecule has 0 aliphatic carbocycles. The molecule has 3 aromatic rings. The summed E-state index contributed by atoms with van der Waals surface area (Å²) in [5.41, 5.74) is 1.43. The molecule has 39 heavy (non-hydrogen) atoms. The minimum Gasteiger partial charge on any atom is -0.480 e. The fourth-order valence-corrected chi connectivity index (χ4v) is 6.14. The molecule has 204 valence electrons. The smallest absolute Gasteiger partial charge is 0.326 e.